The minimum atomic E-state index is 0.618. The molecule has 3 rings (SSSR count). The van der Waals surface area contributed by atoms with E-state index in [0.717, 1.165) is 27.1 Å². The van der Waals surface area contributed by atoms with E-state index in [0.29, 0.717) is 18.8 Å². The molecule has 0 saturated heterocycles. The van der Waals surface area contributed by atoms with Crippen molar-refractivity contribution in [2.45, 2.75) is 13.1 Å². The zero-order chi connectivity index (χ0) is 14.7. The van der Waals surface area contributed by atoms with Crippen LogP contribution in [-0.2, 0) is 13.1 Å². The first kappa shape index (κ1) is 14.0. The maximum Gasteiger partial charge on any atom is 0.226 e. The molecule has 0 bridgehead atoms. The highest BCUT2D eigenvalue weighted by atomic mass is 79.9. The van der Waals surface area contributed by atoms with Crippen molar-refractivity contribution in [3.8, 4) is 5.75 Å². The highest BCUT2D eigenvalue weighted by Gasteiger charge is 2.05. The van der Waals surface area contributed by atoms with Crippen LogP contribution in [0, 0.1) is 0 Å². The maximum absolute atomic E-state index is 5.67. The van der Waals surface area contributed by atoms with E-state index in [9.17, 15) is 0 Å². The van der Waals surface area contributed by atoms with Crippen molar-refractivity contribution < 1.29 is 9.15 Å². The predicted octanol–water partition coefficient (Wildman–Crippen LogP) is 3.28. The van der Waals surface area contributed by atoms with E-state index in [1.54, 1.807) is 19.5 Å². The Balaban J connectivity index is 1.63. The Morgan fingerprint density at radius 1 is 1.24 bits per heavy atom. The molecule has 1 N–H and O–H groups in total. The largest absolute Gasteiger partial charge is 0.497 e. The summed E-state index contributed by atoms with van der Waals surface area (Å²) in [6.45, 7) is 1.26. The molecule has 0 aliphatic heterocycles. The van der Waals surface area contributed by atoms with Gasteiger partial charge in [-0.1, -0.05) is 0 Å². The van der Waals surface area contributed by atoms with Gasteiger partial charge >= 0.3 is 0 Å². The van der Waals surface area contributed by atoms with Crippen LogP contribution in [0.15, 0.2) is 45.5 Å². The van der Waals surface area contributed by atoms with E-state index in [2.05, 4.69) is 31.2 Å². The van der Waals surface area contributed by atoms with E-state index in [4.69, 9.17) is 9.15 Å². The van der Waals surface area contributed by atoms with Crippen molar-refractivity contribution >= 4 is 27.0 Å². The van der Waals surface area contributed by atoms with Crippen LogP contribution in [0.25, 0.3) is 11.1 Å². The number of nitrogens with one attached hydrogen (secondary N) is 1. The van der Waals surface area contributed by atoms with Gasteiger partial charge in [-0.15, -0.1) is 0 Å². The fraction of sp³-hybridized carbons (Fsp3) is 0.200. The third kappa shape index (κ3) is 3.40. The molecule has 0 aliphatic rings. The quantitative estimate of drug-likeness (QED) is 0.767. The molecule has 5 nitrogen and oxygen atoms in total. The van der Waals surface area contributed by atoms with E-state index >= 15 is 0 Å². The average molecular weight is 348 g/mol. The molecule has 0 unspecified atom stereocenters. The van der Waals surface area contributed by atoms with Crippen LogP contribution in [0.3, 0.4) is 0 Å². The van der Waals surface area contributed by atoms with Gasteiger partial charge in [-0.3, -0.25) is 4.98 Å². The topological polar surface area (TPSA) is 60.2 Å². The first-order valence-corrected chi connectivity index (χ1v) is 7.27. The minimum Gasteiger partial charge on any atom is -0.497 e. The van der Waals surface area contributed by atoms with Gasteiger partial charge in [0, 0.05) is 34.9 Å². The number of halogens is 1. The fourth-order valence-corrected chi connectivity index (χ4v) is 2.39. The molecule has 0 spiro atoms. The maximum atomic E-state index is 5.67. The van der Waals surface area contributed by atoms with Gasteiger partial charge in [0.05, 0.1) is 19.3 Å². The molecule has 0 saturated carbocycles. The van der Waals surface area contributed by atoms with E-state index in [-0.39, 0.29) is 0 Å². The Bertz CT molecular complexity index is 758. The summed E-state index contributed by atoms with van der Waals surface area (Å²) in [5, 5.41) is 4.28. The van der Waals surface area contributed by atoms with Gasteiger partial charge in [0.1, 0.15) is 11.5 Å². The smallest absolute Gasteiger partial charge is 0.226 e. The van der Waals surface area contributed by atoms with Crippen LogP contribution in [0.1, 0.15) is 11.5 Å². The molecule has 0 amide bonds. The second kappa shape index (κ2) is 6.24. The standard InChI is InChI=1S/C15H14BrN3O2/c1-20-13-2-3-18-12(6-13)8-17-9-14-5-10-4-11(16)7-19-15(10)21-14/h2-7,17H,8-9H2,1H3. The number of rotatable bonds is 5. The molecular formula is C15H14BrN3O2. The number of nitrogens with zero attached hydrogens (tertiary/aromatic N) is 2. The zero-order valence-electron chi connectivity index (χ0n) is 11.5. The summed E-state index contributed by atoms with van der Waals surface area (Å²) in [7, 11) is 1.64. The third-order valence-corrected chi connectivity index (χ3v) is 3.45. The summed E-state index contributed by atoms with van der Waals surface area (Å²) in [6.07, 6.45) is 3.46. The second-order valence-corrected chi connectivity index (χ2v) is 5.47. The SMILES string of the molecule is COc1ccnc(CNCc2cc3cc(Br)cnc3o2)c1. The Morgan fingerprint density at radius 3 is 3.00 bits per heavy atom. The Labute approximate surface area is 130 Å². The van der Waals surface area contributed by atoms with E-state index in [1.165, 1.54) is 0 Å². The molecule has 0 radical (unpaired) electrons. The van der Waals surface area contributed by atoms with Gasteiger partial charge in [0.2, 0.25) is 5.71 Å². The zero-order valence-corrected chi connectivity index (χ0v) is 13.1. The van der Waals surface area contributed by atoms with Gasteiger partial charge in [0.15, 0.2) is 0 Å². The molecule has 3 heterocycles. The van der Waals surface area contributed by atoms with Crippen LogP contribution in [-0.4, -0.2) is 17.1 Å². The van der Waals surface area contributed by atoms with Gasteiger partial charge in [-0.25, -0.2) is 4.98 Å². The van der Waals surface area contributed by atoms with Gasteiger partial charge in [-0.2, -0.15) is 0 Å². The molecular weight excluding hydrogens is 334 g/mol. The van der Waals surface area contributed by atoms with Crippen molar-refractivity contribution in [3.05, 3.63) is 52.6 Å². The lowest BCUT2D eigenvalue weighted by Crippen LogP contribution is -2.13. The van der Waals surface area contributed by atoms with Gasteiger partial charge < -0.3 is 14.5 Å². The molecule has 3 aromatic heterocycles. The van der Waals surface area contributed by atoms with Crippen molar-refractivity contribution in [2.75, 3.05) is 7.11 Å². The van der Waals surface area contributed by atoms with Crippen LogP contribution >= 0.6 is 15.9 Å². The number of fused-ring (bicyclic) bond motifs is 1. The number of pyridine rings is 2. The molecule has 108 valence electrons. The lowest BCUT2D eigenvalue weighted by molar-refractivity contribution is 0.413. The van der Waals surface area contributed by atoms with Crippen LogP contribution in [0.2, 0.25) is 0 Å². The van der Waals surface area contributed by atoms with E-state index in [1.807, 2.05) is 24.3 Å². The second-order valence-electron chi connectivity index (χ2n) is 4.55. The summed E-state index contributed by atoms with van der Waals surface area (Å²) in [4.78, 5) is 8.50. The monoisotopic (exact) mass is 347 g/mol. The summed E-state index contributed by atoms with van der Waals surface area (Å²) in [6, 6.07) is 7.70. The van der Waals surface area contributed by atoms with Crippen LogP contribution in [0.5, 0.6) is 5.75 Å². The Hall–Kier alpha value is -1.92. The van der Waals surface area contributed by atoms with Gasteiger partial charge in [0.25, 0.3) is 0 Å². The normalized spacial score (nSPS) is 11.0. The first-order chi connectivity index (χ1) is 10.2. The fourth-order valence-electron chi connectivity index (χ4n) is 2.04. The highest BCUT2D eigenvalue weighted by Crippen LogP contribution is 2.21. The highest BCUT2D eigenvalue weighted by molar-refractivity contribution is 9.10. The third-order valence-electron chi connectivity index (χ3n) is 3.02. The molecule has 0 aromatic carbocycles. The van der Waals surface area contributed by atoms with Crippen LogP contribution < -0.4 is 10.1 Å². The van der Waals surface area contributed by atoms with Crippen molar-refractivity contribution in [3.63, 3.8) is 0 Å². The van der Waals surface area contributed by atoms with Crippen molar-refractivity contribution in [1.82, 2.24) is 15.3 Å². The molecule has 21 heavy (non-hydrogen) atoms. The number of hydrogen-bond donors (Lipinski definition) is 1. The number of ether oxygens (including phenoxy) is 1. The summed E-state index contributed by atoms with van der Waals surface area (Å²) in [5.41, 5.74) is 1.57. The summed E-state index contributed by atoms with van der Waals surface area (Å²) in [5.74, 6) is 1.65. The van der Waals surface area contributed by atoms with Crippen molar-refractivity contribution in [2.24, 2.45) is 0 Å². The van der Waals surface area contributed by atoms with Gasteiger partial charge in [-0.05, 0) is 34.1 Å². The molecule has 3 aromatic rings. The number of hydrogen-bond acceptors (Lipinski definition) is 5. The molecule has 6 heteroatoms. The lowest BCUT2D eigenvalue weighted by Gasteiger charge is -2.04. The van der Waals surface area contributed by atoms with E-state index < -0.39 is 0 Å². The number of methoxy groups -OCH3 is 1. The Kier molecular flexibility index (Phi) is 4.17. The first-order valence-electron chi connectivity index (χ1n) is 6.48. The molecule has 0 fully saturated rings. The number of furan rings is 1. The lowest BCUT2D eigenvalue weighted by atomic mass is 10.3. The minimum absolute atomic E-state index is 0.618. The molecule has 0 atom stereocenters. The van der Waals surface area contributed by atoms with Crippen molar-refractivity contribution in [1.29, 1.82) is 0 Å². The predicted molar refractivity (Wildman–Crippen MR) is 83.0 cm³/mol. The summed E-state index contributed by atoms with van der Waals surface area (Å²) >= 11 is 3.40. The molecule has 0 aliphatic carbocycles. The Morgan fingerprint density at radius 2 is 2.14 bits per heavy atom. The summed E-state index contributed by atoms with van der Waals surface area (Å²) < 4.78 is 11.8. The van der Waals surface area contributed by atoms with Crippen LogP contribution in [0.4, 0.5) is 0 Å². The average Bonchev–Trinajstić information content (AvgIpc) is 2.89. The number of aromatic nitrogens is 2.